The lowest BCUT2D eigenvalue weighted by atomic mass is 10.2. The topological polar surface area (TPSA) is 73.3 Å². The monoisotopic (exact) mass is 319 g/mol. The van der Waals surface area contributed by atoms with E-state index in [2.05, 4.69) is 15.3 Å². The molecule has 0 spiro atoms. The van der Waals surface area contributed by atoms with Gasteiger partial charge in [-0.3, -0.25) is 4.79 Å². The van der Waals surface area contributed by atoms with Crippen LogP contribution in [0.15, 0.2) is 30.5 Å². The molecular weight excluding hydrogens is 301 g/mol. The molecule has 122 valence electrons. The molecule has 0 aliphatic rings. The third kappa shape index (κ3) is 5.00. The zero-order valence-electron chi connectivity index (χ0n) is 13.2. The molecule has 0 saturated carbocycles. The summed E-state index contributed by atoms with van der Waals surface area (Å²) in [4.78, 5) is 20.2. The normalized spacial score (nSPS) is 11.8. The lowest BCUT2D eigenvalue weighted by Crippen LogP contribution is -2.18. The molecule has 0 saturated heterocycles. The average Bonchev–Trinajstić information content (AvgIpc) is 2.54. The first-order valence-corrected chi connectivity index (χ1v) is 7.05. The Morgan fingerprint density at radius 1 is 1.39 bits per heavy atom. The number of carbonyl (C=O) groups excluding carboxylic acids is 1. The summed E-state index contributed by atoms with van der Waals surface area (Å²) >= 11 is 0. The summed E-state index contributed by atoms with van der Waals surface area (Å²) in [5.74, 6) is -0.147. The molecule has 0 bridgehead atoms. The van der Waals surface area contributed by atoms with Crippen LogP contribution < -0.4 is 10.1 Å². The second kappa shape index (κ2) is 7.64. The Morgan fingerprint density at radius 2 is 2.17 bits per heavy atom. The van der Waals surface area contributed by atoms with E-state index in [1.165, 1.54) is 18.2 Å². The van der Waals surface area contributed by atoms with Crippen LogP contribution in [0.5, 0.6) is 5.75 Å². The zero-order chi connectivity index (χ0) is 16.8. The zero-order valence-corrected chi connectivity index (χ0v) is 13.2. The predicted octanol–water partition coefficient (Wildman–Crippen LogP) is 2.59. The number of amides is 1. The molecule has 2 heterocycles. The maximum Gasteiger partial charge on any atom is 0.275 e. The Hall–Kier alpha value is -2.54. The van der Waals surface area contributed by atoms with Crippen molar-refractivity contribution in [3.63, 3.8) is 0 Å². The van der Waals surface area contributed by atoms with Crippen molar-refractivity contribution in [1.29, 1.82) is 0 Å². The molecule has 7 heteroatoms. The van der Waals surface area contributed by atoms with Crippen molar-refractivity contribution in [3.05, 3.63) is 47.7 Å². The van der Waals surface area contributed by atoms with Gasteiger partial charge in [0.1, 0.15) is 29.7 Å². The molecule has 1 N–H and O–H groups in total. The highest BCUT2D eigenvalue weighted by Gasteiger charge is 2.12. The summed E-state index contributed by atoms with van der Waals surface area (Å²) in [5, 5.41) is 2.56. The lowest BCUT2D eigenvalue weighted by molar-refractivity contribution is 0.0715. The molecule has 1 amide bonds. The van der Waals surface area contributed by atoms with Crippen LogP contribution in [-0.2, 0) is 4.74 Å². The maximum absolute atomic E-state index is 12.8. The van der Waals surface area contributed by atoms with Crippen LogP contribution in [0.25, 0.3) is 0 Å². The van der Waals surface area contributed by atoms with Gasteiger partial charge in [0.2, 0.25) is 0 Å². The number of hydrogen-bond donors (Lipinski definition) is 1. The number of pyridine rings is 2. The predicted molar refractivity (Wildman–Crippen MR) is 83.1 cm³/mol. The van der Waals surface area contributed by atoms with Gasteiger partial charge < -0.3 is 14.8 Å². The fourth-order valence-electron chi connectivity index (χ4n) is 1.75. The first kappa shape index (κ1) is 16.8. The third-order valence-corrected chi connectivity index (χ3v) is 3.02. The van der Waals surface area contributed by atoms with Gasteiger partial charge in [0, 0.05) is 24.9 Å². The Bertz CT molecular complexity index is 677. The summed E-state index contributed by atoms with van der Waals surface area (Å²) in [6, 6.07) is 5.86. The van der Waals surface area contributed by atoms with Gasteiger partial charge >= 0.3 is 0 Å². The third-order valence-electron chi connectivity index (χ3n) is 3.02. The van der Waals surface area contributed by atoms with E-state index in [-0.39, 0.29) is 17.6 Å². The maximum atomic E-state index is 12.8. The number of aryl methyl sites for hydroxylation is 1. The minimum atomic E-state index is -0.473. The van der Waals surface area contributed by atoms with Crippen molar-refractivity contribution in [2.75, 3.05) is 19.0 Å². The van der Waals surface area contributed by atoms with Gasteiger partial charge in [-0.05, 0) is 26.0 Å². The number of halogens is 1. The number of nitrogens with one attached hydrogen (secondary N) is 1. The molecule has 23 heavy (non-hydrogen) atoms. The van der Waals surface area contributed by atoms with Crippen LogP contribution in [0, 0.1) is 12.7 Å². The summed E-state index contributed by atoms with van der Waals surface area (Å²) in [6.45, 7) is 4.00. The van der Waals surface area contributed by atoms with Crippen LogP contribution in [-0.4, -0.2) is 35.7 Å². The standard InChI is InChI=1S/C16H18FN3O3/c1-10-6-13(23-9-11(2)22-3)7-14(19-10)16(21)20-15-5-4-12(17)8-18-15/h4-8,11H,9H2,1-3H3,(H,18,20,21)/t11-/m0/s1. The number of aromatic nitrogens is 2. The van der Waals surface area contributed by atoms with E-state index in [1.807, 2.05) is 6.92 Å². The molecule has 0 fully saturated rings. The van der Waals surface area contributed by atoms with E-state index >= 15 is 0 Å². The quantitative estimate of drug-likeness (QED) is 0.886. The molecule has 2 aromatic heterocycles. The van der Waals surface area contributed by atoms with Crippen molar-refractivity contribution in [2.45, 2.75) is 20.0 Å². The van der Waals surface area contributed by atoms with Gasteiger partial charge in [-0.1, -0.05) is 0 Å². The Kier molecular flexibility index (Phi) is 5.59. The highest BCUT2D eigenvalue weighted by Crippen LogP contribution is 2.16. The van der Waals surface area contributed by atoms with E-state index in [0.29, 0.717) is 18.1 Å². The molecule has 1 atom stereocenters. The second-order valence-electron chi connectivity index (χ2n) is 5.00. The van der Waals surface area contributed by atoms with Gasteiger partial charge in [-0.25, -0.2) is 14.4 Å². The van der Waals surface area contributed by atoms with Crippen LogP contribution in [0.4, 0.5) is 10.2 Å². The molecule has 0 unspecified atom stereocenters. The van der Waals surface area contributed by atoms with Gasteiger partial charge in [0.05, 0.1) is 12.3 Å². The van der Waals surface area contributed by atoms with E-state index < -0.39 is 11.7 Å². The summed E-state index contributed by atoms with van der Waals surface area (Å²) < 4.78 is 23.5. The SMILES string of the molecule is CO[C@@H](C)COc1cc(C)nc(C(=O)Nc2ccc(F)cn2)c1. The fraction of sp³-hybridized carbons (Fsp3) is 0.312. The van der Waals surface area contributed by atoms with E-state index in [0.717, 1.165) is 6.20 Å². The first-order chi connectivity index (χ1) is 11.0. The van der Waals surface area contributed by atoms with Crippen LogP contribution >= 0.6 is 0 Å². The van der Waals surface area contributed by atoms with Crippen LogP contribution in [0.2, 0.25) is 0 Å². The van der Waals surface area contributed by atoms with Crippen molar-refractivity contribution >= 4 is 11.7 Å². The van der Waals surface area contributed by atoms with Gasteiger partial charge in [0.25, 0.3) is 5.91 Å². The second-order valence-corrected chi connectivity index (χ2v) is 5.00. The molecule has 6 nitrogen and oxygen atoms in total. The number of anilines is 1. The average molecular weight is 319 g/mol. The number of ether oxygens (including phenoxy) is 2. The number of carbonyl (C=O) groups is 1. The summed E-state index contributed by atoms with van der Waals surface area (Å²) in [5.41, 5.74) is 0.834. The smallest absolute Gasteiger partial charge is 0.275 e. The van der Waals surface area contributed by atoms with Crippen molar-refractivity contribution in [3.8, 4) is 5.75 Å². The van der Waals surface area contributed by atoms with Gasteiger partial charge in [-0.2, -0.15) is 0 Å². The summed E-state index contributed by atoms with van der Waals surface area (Å²) in [7, 11) is 1.60. The number of hydrogen-bond acceptors (Lipinski definition) is 5. The molecule has 0 aliphatic carbocycles. The van der Waals surface area contributed by atoms with Gasteiger partial charge in [-0.15, -0.1) is 0 Å². The molecule has 2 aromatic rings. The molecule has 0 aliphatic heterocycles. The highest BCUT2D eigenvalue weighted by atomic mass is 19.1. The molecule has 2 rings (SSSR count). The Labute approximate surface area is 133 Å². The lowest BCUT2D eigenvalue weighted by Gasteiger charge is -2.12. The molecule has 0 radical (unpaired) electrons. The van der Waals surface area contributed by atoms with Crippen LogP contribution in [0.3, 0.4) is 0 Å². The van der Waals surface area contributed by atoms with Crippen molar-refractivity contribution < 1.29 is 18.7 Å². The molecular formula is C16H18FN3O3. The van der Waals surface area contributed by atoms with Crippen molar-refractivity contribution in [2.24, 2.45) is 0 Å². The summed E-state index contributed by atoms with van der Waals surface area (Å²) in [6.07, 6.45) is 0.962. The number of nitrogens with zero attached hydrogens (tertiary/aromatic N) is 2. The minimum Gasteiger partial charge on any atom is -0.491 e. The minimum absolute atomic E-state index is 0.0656. The number of rotatable bonds is 6. The van der Waals surface area contributed by atoms with Gasteiger partial charge in [0.15, 0.2) is 0 Å². The van der Waals surface area contributed by atoms with E-state index in [1.54, 1.807) is 20.1 Å². The largest absolute Gasteiger partial charge is 0.491 e. The Morgan fingerprint density at radius 3 is 2.83 bits per heavy atom. The van der Waals surface area contributed by atoms with Crippen molar-refractivity contribution in [1.82, 2.24) is 9.97 Å². The van der Waals surface area contributed by atoms with E-state index in [9.17, 15) is 9.18 Å². The molecule has 0 aromatic carbocycles. The van der Waals surface area contributed by atoms with E-state index in [4.69, 9.17) is 9.47 Å². The first-order valence-electron chi connectivity index (χ1n) is 7.05. The number of methoxy groups -OCH3 is 1. The van der Waals surface area contributed by atoms with Crippen LogP contribution in [0.1, 0.15) is 23.1 Å². The highest BCUT2D eigenvalue weighted by molar-refractivity contribution is 6.02. The Balaban J connectivity index is 2.10. The fourth-order valence-corrected chi connectivity index (χ4v) is 1.75.